The monoisotopic (exact) mass is 400 g/mol. The maximum absolute atomic E-state index is 8.49. The Kier molecular flexibility index (Phi) is 5.54. The summed E-state index contributed by atoms with van der Waals surface area (Å²) in [6.07, 6.45) is 0. The molecule has 0 fully saturated rings. The Balaban J connectivity index is 0.000000252. The van der Waals surface area contributed by atoms with Gasteiger partial charge in [-0.15, -0.1) is 10.2 Å². The Morgan fingerprint density at radius 1 is 1.38 bits per heavy atom. The van der Waals surface area contributed by atoms with E-state index in [2.05, 4.69) is 21.0 Å². The number of hydrazine groups is 1. The van der Waals surface area contributed by atoms with Gasteiger partial charge in [-0.05, 0) is 0 Å². The molecule has 1 heterocycles. The molecule has 0 spiro atoms. The molecule has 12 heteroatoms. The van der Waals surface area contributed by atoms with E-state index < -0.39 is 10.2 Å². The largest absolute Gasteiger partial charge is 0.222 e. The summed E-state index contributed by atoms with van der Waals surface area (Å²) in [4.78, 5) is 0. The van der Waals surface area contributed by atoms with Crippen LogP contribution >= 0.6 is 0 Å². The van der Waals surface area contributed by atoms with E-state index in [1.54, 1.807) is 2.45 Å². The minimum absolute atomic E-state index is 0.368. The Bertz CT molecular complexity index is 241. The van der Waals surface area contributed by atoms with Crippen LogP contribution in [0, 0.1) is 10.2 Å². The van der Waals surface area contributed by atoms with E-state index in [0.717, 1.165) is 0 Å². The molecule has 1 aromatic rings. The van der Waals surface area contributed by atoms with Crippen molar-refractivity contribution in [2.45, 2.75) is 0 Å². The van der Waals surface area contributed by atoms with Crippen LogP contribution in [0.4, 0.5) is 5.95 Å². The number of aromatic nitrogens is 4. The van der Waals surface area contributed by atoms with E-state index >= 15 is 0 Å². The predicted octanol–water partition coefficient (Wildman–Crippen LogP) is -6.49. The van der Waals surface area contributed by atoms with Gasteiger partial charge in [0, 0.05) is 0 Å². The van der Waals surface area contributed by atoms with Gasteiger partial charge in [0.2, 0.25) is 0 Å². The van der Waals surface area contributed by atoms with Crippen LogP contribution < -0.4 is 29.9 Å². The van der Waals surface area contributed by atoms with E-state index in [9.17, 15) is 0 Å². The SMILES string of the molecule is NNc1nnn[n]1[Hg+].[O-][Cl+3]([O-])([O-])[O-]. The number of rotatable bonds is 1. The number of hydrogen-bond acceptors (Lipinski definition) is 9. The van der Waals surface area contributed by atoms with Crippen LogP contribution in [0.15, 0.2) is 0 Å². The zero-order valence-electron chi connectivity index (χ0n) is 6.08. The summed E-state index contributed by atoms with van der Waals surface area (Å²) in [5, 5.41) is 10.5. The van der Waals surface area contributed by atoms with E-state index in [4.69, 9.17) is 24.5 Å². The van der Waals surface area contributed by atoms with Crippen LogP contribution in [0.3, 0.4) is 0 Å². The molecule has 0 atom stereocenters. The van der Waals surface area contributed by atoms with Crippen molar-refractivity contribution in [2.24, 2.45) is 5.84 Å². The normalized spacial score (nSPS) is 10.4. The van der Waals surface area contributed by atoms with Gasteiger partial charge in [-0.25, -0.2) is 18.6 Å². The van der Waals surface area contributed by atoms with Gasteiger partial charge < -0.3 is 0 Å². The number of nitrogens with two attached hydrogens (primary N) is 1. The molecule has 0 saturated heterocycles. The van der Waals surface area contributed by atoms with Crippen molar-refractivity contribution in [3.8, 4) is 0 Å². The fourth-order valence-corrected chi connectivity index (χ4v) is 1.13. The minimum Gasteiger partial charge on any atom is -0.222 e. The molecule has 10 nitrogen and oxygen atoms in total. The molecule has 0 aromatic carbocycles. The van der Waals surface area contributed by atoms with Crippen molar-refractivity contribution in [3.05, 3.63) is 0 Å². The van der Waals surface area contributed by atoms with Crippen LogP contribution in [-0.2, 0) is 26.4 Å². The Morgan fingerprint density at radius 3 is 2.00 bits per heavy atom. The summed E-state index contributed by atoms with van der Waals surface area (Å²) in [5.74, 6) is 5.55. The van der Waals surface area contributed by atoms with Crippen molar-refractivity contribution < 1.29 is 55.3 Å². The fourth-order valence-electron chi connectivity index (χ4n) is 0.308. The number of anilines is 1. The van der Waals surface area contributed by atoms with Gasteiger partial charge in [-0.3, -0.25) is 0 Å². The first-order valence-electron chi connectivity index (χ1n) is 2.52. The van der Waals surface area contributed by atoms with Crippen molar-refractivity contribution >= 4 is 5.95 Å². The van der Waals surface area contributed by atoms with Crippen molar-refractivity contribution in [1.29, 1.82) is 0 Å². The average Bonchev–Trinajstić information content (AvgIpc) is 2.31. The predicted molar refractivity (Wildman–Crippen MR) is 21.0 cm³/mol. The topological polar surface area (TPSA) is 174 Å². The third-order valence-corrected chi connectivity index (χ3v) is 2.32. The van der Waals surface area contributed by atoms with Gasteiger partial charge in [-0.1, -0.05) is 0 Å². The van der Waals surface area contributed by atoms with Crippen molar-refractivity contribution in [1.82, 2.24) is 18.0 Å². The molecular weight excluding hydrogens is 396 g/mol. The van der Waals surface area contributed by atoms with Gasteiger partial charge in [0.25, 0.3) is 0 Å². The number of nitrogens with one attached hydrogen (secondary N) is 1. The maximum atomic E-state index is 8.49. The van der Waals surface area contributed by atoms with Gasteiger partial charge in [-0.2, -0.15) is 0 Å². The van der Waals surface area contributed by atoms with Crippen LogP contribution in [0.25, 0.3) is 0 Å². The van der Waals surface area contributed by atoms with Crippen LogP contribution in [-0.4, -0.2) is 18.0 Å². The molecule has 0 aliphatic carbocycles. The van der Waals surface area contributed by atoms with Gasteiger partial charge in [0.05, 0.1) is 0 Å². The first-order chi connectivity index (χ1) is 5.84. The molecule has 0 saturated carbocycles. The number of hydrogen-bond donors (Lipinski definition) is 2. The zero-order valence-corrected chi connectivity index (χ0v) is 12.3. The number of tetrazole rings is 1. The quantitative estimate of drug-likeness (QED) is 0.264. The summed E-state index contributed by atoms with van der Waals surface area (Å²) >= 11 is 0.368. The Labute approximate surface area is 90.4 Å². The Morgan fingerprint density at radius 2 is 1.85 bits per heavy atom. The van der Waals surface area contributed by atoms with Gasteiger partial charge in [0.15, 0.2) is 0 Å². The summed E-state index contributed by atoms with van der Waals surface area (Å²) in [6.45, 7) is 0. The minimum atomic E-state index is -4.94. The van der Waals surface area contributed by atoms with Gasteiger partial charge in [0.1, 0.15) is 0 Å². The summed E-state index contributed by atoms with van der Waals surface area (Å²) < 4.78 is 35.6. The fraction of sp³-hybridized carbons (Fsp3) is 0. The molecular formula is CH3ClHgN6O4. The van der Waals surface area contributed by atoms with Crippen molar-refractivity contribution in [3.63, 3.8) is 0 Å². The zero-order chi connectivity index (χ0) is 10.5. The first kappa shape index (κ1) is 12.9. The second kappa shape index (κ2) is 5.59. The number of nitrogens with zero attached hydrogens (tertiary/aromatic N) is 4. The van der Waals surface area contributed by atoms with Crippen LogP contribution in [0.5, 0.6) is 0 Å². The summed E-state index contributed by atoms with van der Waals surface area (Å²) in [7, 11) is -4.94. The molecule has 0 aliphatic rings. The second-order valence-electron chi connectivity index (χ2n) is 1.52. The molecule has 0 radical (unpaired) electrons. The van der Waals surface area contributed by atoms with E-state index in [-0.39, 0.29) is 0 Å². The van der Waals surface area contributed by atoms with Crippen molar-refractivity contribution in [2.75, 3.05) is 5.43 Å². The molecule has 0 unspecified atom stereocenters. The van der Waals surface area contributed by atoms with Gasteiger partial charge >= 0.3 is 61.6 Å². The molecule has 0 bridgehead atoms. The summed E-state index contributed by atoms with van der Waals surface area (Å²) in [6, 6.07) is 0. The molecule has 1 rings (SSSR count). The van der Waals surface area contributed by atoms with E-state index in [0.29, 0.717) is 32.4 Å². The van der Waals surface area contributed by atoms with Crippen LogP contribution in [0.1, 0.15) is 0 Å². The molecule has 13 heavy (non-hydrogen) atoms. The number of nitrogen functional groups attached to an aromatic ring is 1. The molecule has 0 aliphatic heterocycles. The second-order valence-corrected chi connectivity index (χ2v) is 4.61. The average molecular weight is 399 g/mol. The molecule has 0 amide bonds. The van der Waals surface area contributed by atoms with Crippen LogP contribution in [0.2, 0.25) is 0 Å². The molecule has 70 valence electrons. The smallest absolute Gasteiger partial charge is 0.112 e. The van der Waals surface area contributed by atoms with E-state index in [1.807, 2.05) is 0 Å². The maximum Gasteiger partial charge on any atom is -0.112 e. The molecule has 3 N–H and O–H groups in total. The number of halogens is 1. The first-order valence-corrected chi connectivity index (χ1v) is 6.21. The third kappa shape index (κ3) is 8.23. The third-order valence-electron chi connectivity index (χ3n) is 0.661. The summed E-state index contributed by atoms with van der Waals surface area (Å²) in [5.41, 5.74) is 2.35. The standard InChI is InChI=1S/CH3N6.ClHO4.Hg/c2-3-1-4-6-7-5-1;2-1(3,4)5;/h2H2,(H-,3,4,5,6,7);(H,2,3,4,5);/q-1;;+2/p-1. The van der Waals surface area contributed by atoms with E-state index in [1.165, 1.54) is 0 Å². The molecule has 1 aromatic heterocycles. The Hall–Kier alpha value is -0.105.